The van der Waals surface area contributed by atoms with Gasteiger partial charge in [-0.1, -0.05) is 34.9 Å². The molecule has 0 bridgehead atoms. The lowest BCUT2D eigenvalue weighted by Gasteiger charge is -2.19. The first-order valence-corrected chi connectivity index (χ1v) is 9.97. The Morgan fingerprint density at radius 2 is 2.12 bits per heavy atom. The van der Waals surface area contributed by atoms with E-state index in [2.05, 4.69) is 10.3 Å². The molecule has 2 rings (SSSR count). The summed E-state index contributed by atoms with van der Waals surface area (Å²) in [6.45, 7) is 5.38. The van der Waals surface area contributed by atoms with Crippen molar-refractivity contribution in [3.8, 4) is 10.4 Å². The van der Waals surface area contributed by atoms with Gasteiger partial charge in [-0.25, -0.2) is 13.4 Å². The van der Waals surface area contributed by atoms with Gasteiger partial charge in [0.15, 0.2) is 5.13 Å². The highest BCUT2D eigenvalue weighted by molar-refractivity contribution is 7.89. The predicted molar refractivity (Wildman–Crippen MR) is 97.8 cm³/mol. The molecule has 0 aliphatic rings. The summed E-state index contributed by atoms with van der Waals surface area (Å²) in [5.74, 6) is -0.202. The summed E-state index contributed by atoms with van der Waals surface area (Å²) in [5, 5.41) is 3.13. The lowest BCUT2D eigenvalue weighted by Crippen LogP contribution is -2.30. The minimum absolute atomic E-state index is 0.147. The van der Waals surface area contributed by atoms with Gasteiger partial charge in [0.1, 0.15) is 0 Å². The maximum Gasteiger partial charge on any atom is 0.265 e. The van der Waals surface area contributed by atoms with Crippen LogP contribution in [0.1, 0.15) is 26.0 Å². The average molecular weight is 383 g/mol. The number of thiazole rings is 1. The molecule has 25 heavy (non-hydrogen) atoms. The van der Waals surface area contributed by atoms with Gasteiger partial charge in [-0.3, -0.25) is 9.63 Å². The van der Waals surface area contributed by atoms with Gasteiger partial charge in [-0.15, -0.1) is 0 Å². The predicted octanol–water partition coefficient (Wildman–Crippen LogP) is 3.04. The standard InChI is InChI=1S/C16H21N3O4S2/c1-5-9-19(23-4)25(21,22)14-8-6-7-13(10-14)15-11(2)17-16(24-15)18-12(3)20/h6-8,10H,5,9H2,1-4H3,(H,17,18,20). The quantitative estimate of drug-likeness (QED) is 0.743. The van der Waals surface area contributed by atoms with Gasteiger partial charge in [-0.2, -0.15) is 0 Å². The van der Waals surface area contributed by atoms with Gasteiger partial charge in [-0.05, 0) is 31.0 Å². The van der Waals surface area contributed by atoms with Crippen molar-refractivity contribution in [2.75, 3.05) is 19.0 Å². The van der Waals surface area contributed by atoms with E-state index in [9.17, 15) is 13.2 Å². The fraction of sp³-hybridized carbons (Fsp3) is 0.375. The van der Waals surface area contributed by atoms with Gasteiger partial charge in [0, 0.05) is 13.5 Å². The lowest BCUT2D eigenvalue weighted by atomic mass is 10.2. The Labute approximate surface area is 151 Å². The third-order valence-electron chi connectivity index (χ3n) is 3.35. The van der Waals surface area contributed by atoms with Crippen molar-refractivity contribution in [2.45, 2.75) is 32.1 Å². The van der Waals surface area contributed by atoms with Crippen molar-refractivity contribution in [1.82, 2.24) is 9.45 Å². The van der Waals surface area contributed by atoms with E-state index in [4.69, 9.17) is 4.84 Å². The normalized spacial score (nSPS) is 11.7. The second-order valence-electron chi connectivity index (χ2n) is 5.36. The van der Waals surface area contributed by atoms with Crippen LogP contribution >= 0.6 is 11.3 Å². The minimum atomic E-state index is -3.74. The third-order valence-corrected chi connectivity index (χ3v) is 6.19. The number of benzene rings is 1. The zero-order chi connectivity index (χ0) is 18.6. The Balaban J connectivity index is 2.42. The molecule has 0 fully saturated rings. The molecule has 1 aromatic carbocycles. The Bertz CT molecular complexity index is 862. The molecular formula is C16H21N3O4S2. The molecule has 0 saturated carbocycles. The maximum atomic E-state index is 12.7. The summed E-state index contributed by atoms with van der Waals surface area (Å²) in [4.78, 5) is 21.5. The molecule has 0 radical (unpaired) electrons. The molecule has 9 heteroatoms. The Morgan fingerprint density at radius 1 is 1.40 bits per heavy atom. The number of sulfonamides is 1. The number of hydrogen-bond donors (Lipinski definition) is 1. The molecule has 1 N–H and O–H groups in total. The molecule has 2 aromatic rings. The van der Waals surface area contributed by atoms with Crippen molar-refractivity contribution >= 4 is 32.4 Å². The molecule has 0 atom stereocenters. The van der Waals surface area contributed by atoms with E-state index in [0.717, 1.165) is 20.6 Å². The molecular weight excluding hydrogens is 362 g/mol. The third kappa shape index (κ3) is 4.43. The molecule has 1 aromatic heterocycles. The van der Waals surface area contributed by atoms with Gasteiger partial charge in [0.25, 0.3) is 10.0 Å². The summed E-state index contributed by atoms with van der Waals surface area (Å²) in [5.41, 5.74) is 1.45. The number of nitrogens with one attached hydrogen (secondary N) is 1. The minimum Gasteiger partial charge on any atom is -0.302 e. The van der Waals surface area contributed by atoms with Crippen LogP contribution in [0.3, 0.4) is 0 Å². The largest absolute Gasteiger partial charge is 0.302 e. The van der Waals surface area contributed by atoms with Crippen molar-refractivity contribution < 1.29 is 18.0 Å². The topological polar surface area (TPSA) is 88.6 Å². The number of aromatic nitrogens is 1. The SMILES string of the molecule is CCCN(OC)S(=O)(=O)c1cccc(-c2sc(NC(C)=O)nc2C)c1. The molecule has 0 unspecified atom stereocenters. The van der Waals surface area contributed by atoms with Crippen LogP contribution in [0, 0.1) is 6.92 Å². The lowest BCUT2D eigenvalue weighted by molar-refractivity contribution is -0.114. The second kappa shape index (κ2) is 8.05. The first-order valence-electron chi connectivity index (χ1n) is 7.72. The van der Waals surface area contributed by atoms with E-state index < -0.39 is 10.0 Å². The smallest absolute Gasteiger partial charge is 0.265 e. The fourth-order valence-electron chi connectivity index (χ4n) is 2.28. The van der Waals surface area contributed by atoms with Crippen LogP contribution in [0.2, 0.25) is 0 Å². The number of nitrogens with zero attached hydrogens (tertiary/aromatic N) is 2. The van der Waals surface area contributed by atoms with Crippen molar-refractivity contribution in [3.63, 3.8) is 0 Å². The monoisotopic (exact) mass is 383 g/mol. The van der Waals surface area contributed by atoms with Crippen LogP contribution in [0.5, 0.6) is 0 Å². The molecule has 0 aliphatic heterocycles. The number of aryl methyl sites for hydroxylation is 1. The van der Waals surface area contributed by atoms with Gasteiger partial charge < -0.3 is 5.32 Å². The van der Waals surface area contributed by atoms with Crippen LogP contribution in [-0.2, 0) is 19.7 Å². The highest BCUT2D eigenvalue weighted by Gasteiger charge is 2.24. The zero-order valence-corrected chi connectivity index (χ0v) is 16.2. The van der Waals surface area contributed by atoms with Gasteiger partial charge in [0.2, 0.25) is 5.91 Å². The van der Waals surface area contributed by atoms with Crippen LogP contribution in [0.15, 0.2) is 29.2 Å². The summed E-state index contributed by atoms with van der Waals surface area (Å²) in [6, 6.07) is 6.62. The van der Waals surface area contributed by atoms with Gasteiger partial charge in [0.05, 0.1) is 22.6 Å². The second-order valence-corrected chi connectivity index (χ2v) is 8.18. The molecule has 0 aliphatic carbocycles. The van der Waals surface area contributed by atoms with Crippen LogP contribution in [0.4, 0.5) is 5.13 Å². The molecule has 0 saturated heterocycles. The van der Waals surface area contributed by atoms with E-state index in [1.54, 1.807) is 12.1 Å². The number of carbonyl (C=O) groups excluding carboxylic acids is 1. The number of hydrogen-bond acceptors (Lipinski definition) is 6. The first-order chi connectivity index (χ1) is 11.8. The molecule has 7 nitrogen and oxygen atoms in total. The summed E-state index contributed by atoms with van der Waals surface area (Å²) in [6.07, 6.45) is 0.640. The van der Waals surface area contributed by atoms with Crippen molar-refractivity contribution in [3.05, 3.63) is 30.0 Å². The van der Waals surface area contributed by atoms with E-state index in [-0.39, 0.29) is 17.3 Å². The van der Waals surface area contributed by atoms with E-state index >= 15 is 0 Å². The summed E-state index contributed by atoms with van der Waals surface area (Å²) in [7, 11) is -2.41. The number of amides is 1. The average Bonchev–Trinajstić information content (AvgIpc) is 2.92. The van der Waals surface area contributed by atoms with E-state index in [1.807, 2.05) is 19.9 Å². The maximum absolute atomic E-state index is 12.7. The molecule has 136 valence electrons. The molecule has 1 heterocycles. The van der Waals surface area contributed by atoms with Gasteiger partial charge >= 0.3 is 0 Å². The Hall–Kier alpha value is -1.81. The first kappa shape index (κ1) is 19.5. The van der Waals surface area contributed by atoms with Crippen molar-refractivity contribution in [1.29, 1.82) is 0 Å². The number of carbonyl (C=O) groups is 1. The van der Waals surface area contributed by atoms with Crippen molar-refractivity contribution in [2.24, 2.45) is 0 Å². The zero-order valence-electron chi connectivity index (χ0n) is 14.6. The van der Waals surface area contributed by atoms with Crippen LogP contribution < -0.4 is 5.32 Å². The van der Waals surface area contributed by atoms with Crippen LogP contribution in [0.25, 0.3) is 10.4 Å². The Kier molecular flexibility index (Phi) is 6.28. The highest BCUT2D eigenvalue weighted by Crippen LogP contribution is 2.34. The number of hydroxylamine groups is 1. The van der Waals surface area contributed by atoms with Crippen LogP contribution in [-0.4, -0.2) is 37.4 Å². The van der Waals surface area contributed by atoms with E-state index in [0.29, 0.717) is 11.6 Å². The Morgan fingerprint density at radius 3 is 2.72 bits per heavy atom. The fourth-order valence-corrected chi connectivity index (χ4v) is 4.67. The highest BCUT2D eigenvalue weighted by atomic mass is 32.2. The summed E-state index contributed by atoms with van der Waals surface area (Å²) < 4.78 is 26.4. The number of rotatable bonds is 7. The molecule has 1 amide bonds. The van der Waals surface area contributed by atoms with E-state index in [1.165, 1.54) is 31.4 Å². The number of anilines is 1. The molecule has 0 spiro atoms. The summed E-state index contributed by atoms with van der Waals surface area (Å²) >= 11 is 1.30.